The molecule has 0 aliphatic heterocycles. The number of benzene rings is 2. The number of nitrogens with zero attached hydrogens (tertiary/aromatic N) is 1. The highest BCUT2D eigenvalue weighted by Gasteiger charge is 2.08. The molecular formula is C16H19N3O. The van der Waals surface area contributed by atoms with Crippen molar-refractivity contribution in [3.05, 3.63) is 54.1 Å². The molecule has 2 aromatic rings. The fourth-order valence-electron chi connectivity index (χ4n) is 1.91. The zero-order valence-corrected chi connectivity index (χ0v) is 11.8. The van der Waals surface area contributed by atoms with Gasteiger partial charge >= 0.3 is 0 Å². The number of likely N-dealkylation sites (N-methyl/N-ethyl adjacent to an activating group) is 1. The summed E-state index contributed by atoms with van der Waals surface area (Å²) < 4.78 is 0. The van der Waals surface area contributed by atoms with E-state index in [9.17, 15) is 4.79 Å². The first-order valence-corrected chi connectivity index (χ1v) is 6.48. The molecule has 0 heterocycles. The molecule has 0 aromatic heterocycles. The summed E-state index contributed by atoms with van der Waals surface area (Å²) in [6.07, 6.45) is 0. The Morgan fingerprint density at radius 2 is 1.80 bits per heavy atom. The summed E-state index contributed by atoms with van der Waals surface area (Å²) in [5.41, 5.74) is 9.22. The minimum absolute atomic E-state index is 0.0917. The van der Waals surface area contributed by atoms with Crippen molar-refractivity contribution in [2.75, 3.05) is 29.5 Å². The van der Waals surface area contributed by atoms with E-state index in [0.29, 0.717) is 11.4 Å². The molecule has 0 spiro atoms. The van der Waals surface area contributed by atoms with Gasteiger partial charge in [-0.15, -0.1) is 0 Å². The van der Waals surface area contributed by atoms with Crippen molar-refractivity contribution in [3.63, 3.8) is 0 Å². The van der Waals surface area contributed by atoms with Crippen LogP contribution in [-0.2, 0) is 4.79 Å². The largest absolute Gasteiger partial charge is 0.397 e. The van der Waals surface area contributed by atoms with Crippen LogP contribution in [0.1, 0.15) is 5.56 Å². The minimum Gasteiger partial charge on any atom is -0.397 e. The summed E-state index contributed by atoms with van der Waals surface area (Å²) in [5, 5.41) is 2.82. The quantitative estimate of drug-likeness (QED) is 0.839. The van der Waals surface area contributed by atoms with Crippen molar-refractivity contribution in [1.82, 2.24) is 0 Å². The molecule has 104 valence electrons. The number of anilines is 3. The molecule has 4 heteroatoms. The summed E-state index contributed by atoms with van der Waals surface area (Å²) in [6.45, 7) is 2.31. The maximum absolute atomic E-state index is 12.0. The molecule has 0 bridgehead atoms. The first kappa shape index (κ1) is 13.9. The summed E-state index contributed by atoms with van der Waals surface area (Å²) in [5.74, 6) is -0.0917. The second-order valence-corrected chi connectivity index (χ2v) is 4.83. The van der Waals surface area contributed by atoms with Crippen LogP contribution in [0.25, 0.3) is 0 Å². The predicted molar refractivity (Wildman–Crippen MR) is 83.9 cm³/mol. The van der Waals surface area contributed by atoms with Crippen LogP contribution in [0.5, 0.6) is 0 Å². The van der Waals surface area contributed by atoms with Gasteiger partial charge in [-0.25, -0.2) is 0 Å². The number of carbonyl (C=O) groups excluding carboxylic acids is 1. The molecular weight excluding hydrogens is 250 g/mol. The van der Waals surface area contributed by atoms with Gasteiger partial charge < -0.3 is 16.0 Å². The summed E-state index contributed by atoms with van der Waals surface area (Å²) in [7, 11) is 1.89. The molecule has 0 fully saturated rings. The zero-order chi connectivity index (χ0) is 14.5. The number of rotatable bonds is 4. The average Bonchev–Trinajstić information content (AvgIpc) is 2.42. The van der Waals surface area contributed by atoms with Gasteiger partial charge in [-0.2, -0.15) is 0 Å². The van der Waals surface area contributed by atoms with Crippen LogP contribution in [0.2, 0.25) is 0 Å². The van der Waals surface area contributed by atoms with E-state index in [0.717, 1.165) is 5.69 Å². The monoisotopic (exact) mass is 269 g/mol. The molecule has 0 radical (unpaired) electrons. The predicted octanol–water partition coefficient (Wildman–Crippen LogP) is 2.65. The van der Waals surface area contributed by atoms with Crippen LogP contribution in [0.3, 0.4) is 0 Å². The lowest BCUT2D eigenvalue weighted by molar-refractivity contribution is -0.114. The van der Waals surface area contributed by atoms with Crippen LogP contribution in [0, 0.1) is 6.92 Å². The summed E-state index contributed by atoms with van der Waals surface area (Å²) in [4.78, 5) is 13.9. The Hall–Kier alpha value is -2.49. The number of nitrogens with one attached hydrogen (secondary N) is 1. The number of carbonyl (C=O) groups is 1. The average molecular weight is 269 g/mol. The lowest BCUT2D eigenvalue weighted by Crippen LogP contribution is -2.30. The molecule has 2 rings (SSSR count). The van der Waals surface area contributed by atoms with Crippen LogP contribution in [0.15, 0.2) is 48.5 Å². The van der Waals surface area contributed by atoms with E-state index in [2.05, 4.69) is 5.32 Å². The highest BCUT2D eigenvalue weighted by Crippen LogP contribution is 2.17. The van der Waals surface area contributed by atoms with Gasteiger partial charge in [-0.3, -0.25) is 4.79 Å². The van der Waals surface area contributed by atoms with Gasteiger partial charge in [0.25, 0.3) is 0 Å². The van der Waals surface area contributed by atoms with E-state index in [1.54, 1.807) is 12.1 Å². The van der Waals surface area contributed by atoms with Crippen LogP contribution < -0.4 is 16.0 Å². The first-order chi connectivity index (χ1) is 9.56. The second kappa shape index (κ2) is 6.10. The fraction of sp³-hybridized carbons (Fsp3) is 0.188. The number of amides is 1. The summed E-state index contributed by atoms with van der Waals surface area (Å²) in [6, 6.07) is 15.3. The van der Waals surface area contributed by atoms with E-state index in [1.165, 1.54) is 5.56 Å². The fourth-order valence-corrected chi connectivity index (χ4v) is 1.91. The van der Waals surface area contributed by atoms with Gasteiger partial charge in [-0.1, -0.05) is 29.8 Å². The number of para-hydroxylation sites is 2. The van der Waals surface area contributed by atoms with Crippen molar-refractivity contribution in [1.29, 1.82) is 0 Å². The van der Waals surface area contributed by atoms with Gasteiger partial charge in [0.2, 0.25) is 5.91 Å². The van der Waals surface area contributed by atoms with E-state index < -0.39 is 0 Å². The second-order valence-electron chi connectivity index (χ2n) is 4.83. The molecule has 0 aliphatic carbocycles. The molecule has 0 atom stereocenters. The van der Waals surface area contributed by atoms with Gasteiger partial charge in [0.1, 0.15) is 0 Å². The van der Waals surface area contributed by atoms with Crippen molar-refractivity contribution < 1.29 is 4.79 Å². The number of nitrogens with two attached hydrogens (primary N) is 1. The molecule has 1 amide bonds. The normalized spacial score (nSPS) is 10.1. The number of nitrogen functional groups attached to an aromatic ring is 1. The molecule has 0 saturated carbocycles. The smallest absolute Gasteiger partial charge is 0.243 e. The highest BCUT2D eigenvalue weighted by atomic mass is 16.2. The third kappa shape index (κ3) is 3.51. The molecule has 0 unspecified atom stereocenters. The minimum atomic E-state index is -0.0917. The summed E-state index contributed by atoms with van der Waals surface area (Å²) >= 11 is 0. The Balaban J connectivity index is 1.98. The third-order valence-electron chi connectivity index (χ3n) is 3.09. The van der Waals surface area contributed by atoms with Crippen molar-refractivity contribution in [3.8, 4) is 0 Å². The van der Waals surface area contributed by atoms with Gasteiger partial charge in [0.05, 0.1) is 17.9 Å². The number of aryl methyl sites for hydroxylation is 1. The molecule has 20 heavy (non-hydrogen) atoms. The molecule has 0 aliphatic rings. The maximum Gasteiger partial charge on any atom is 0.243 e. The van der Waals surface area contributed by atoms with Crippen molar-refractivity contribution in [2.24, 2.45) is 0 Å². The Morgan fingerprint density at radius 1 is 1.15 bits per heavy atom. The molecule has 4 nitrogen and oxygen atoms in total. The van der Waals surface area contributed by atoms with Crippen LogP contribution >= 0.6 is 0 Å². The Bertz CT molecular complexity index is 593. The van der Waals surface area contributed by atoms with Crippen LogP contribution in [0.4, 0.5) is 17.1 Å². The van der Waals surface area contributed by atoms with Gasteiger partial charge in [-0.05, 0) is 31.2 Å². The Morgan fingerprint density at radius 3 is 2.45 bits per heavy atom. The standard InChI is InChI=1S/C16H19N3O/c1-12-7-9-13(10-8-12)19(2)11-16(20)18-15-6-4-3-5-14(15)17/h3-10H,11,17H2,1-2H3,(H,18,20). The lowest BCUT2D eigenvalue weighted by Gasteiger charge is -2.19. The molecule has 2 aromatic carbocycles. The van der Waals surface area contributed by atoms with Crippen LogP contribution in [-0.4, -0.2) is 19.5 Å². The molecule has 0 saturated heterocycles. The lowest BCUT2D eigenvalue weighted by atomic mass is 10.2. The highest BCUT2D eigenvalue weighted by molar-refractivity contribution is 5.96. The van der Waals surface area contributed by atoms with E-state index >= 15 is 0 Å². The molecule has 3 N–H and O–H groups in total. The maximum atomic E-state index is 12.0. The Labute approximate surface area is 119 Å². The number of hydrogen-bond acceptors (Lipinski definition) is 3. The third-order valence-corrected chi connectivity index (χ3v) is 3.09. The van der Waals surface area contributed by atoms with Crippen molar-refractivity contribution >= 4 is 23.0 Å². The Kier molecular flexibility index (Phi) is 4.25. The SMILES string of the molecule is Cc1ccc(N(C)CC(=O)Nc2ccccc2N)cc1. The topological polar surface area (TPSA) is 58.4 Å². The van der Waals surface area contributed by atoms with Crippen molar-refractivity contribution in [2.45, 2.75) is 6.92 Å². The van der Waals surface area contributed by atoms with E-state index in [-0.39, 0.29) is 12.5 Å². The first-order valence-electron chi connectivity index (χ1n) is 6.48. The van der Waals surface area contributed by atoms with E-state index in [1.807, 2.05) is 55.3 Å². The van der Waals surface area contributed by atoms with Gasteiger partial charge in [0.15, 0.2) is 0 Å². The zero-order valence-electron chi connectivity index (χ0n) is 11.8. The van der Waals surface area contributed by atoms with E-state index in [4.69, 9.17) is 5.73 Å². The number of hydrogen-bond donors (Lipinski definition) is 2. The van der Waals surface area contributed by atoms with Gasteiger partial charge in [0, 0.05) is 12.7 Å².